The molecular formula is C15H14ClFN2O. The Labute approximate surface area is 121 Å². The summed E-state index contributed by atoms with van der Waals surface area (Å²) < 4.78 is 13.2. The first-order chi connectivity index (χ1) is 9.38. The Kier molecular flexibility index (Phi) is 4.04. The van der Waals surface area contributed by atoms with Gasteiger partial charge in [-0.3, -0.25) is 4.79 Å². The Hall–Kier alpha value is -1.94. The predicted octanol–water partition coefficient (Wildman–Crippen LogP) is 4.05. The van der Waals surface area contributed by atoms with Crippen LogP contribution in [0.1, 0.15) is 27.0 Å². The van der Waals surface area contributed by atoms with Gasteiger partial charge in [-0.1, -0.05) is 29.3 Å². The molecule has 3 nitrogen and oxygen atoms in total. The average Bonchev–Trinajstić information content (AvgIpc) is 2.36. The van der Waals surface area contributed by atoms with E-state index in [0.717, 1.165) is 29.0 Å². The Morgan fingerprint density at radius 2 is 1.80 bits per heavy atom. The van der Waals surface area contributed by atoms with Crippen molar-refractivity contribution in [3.8, 4) is 0 Å². The number of hydrogen-bond donors (Lipinski definition) is 1. The van der Waals surface area contributed by atoms with Crippen molar-refractivity contribution in [1.29, 1.82) is 0 Å². The molecule has 104 valence electrons. The van der Waals surface area contributed by atoms with Crippen molar-refractivity contribution in [3.05, 3.63) is 57.6 Å². The second kappa shape index (κ2) is 5.59. The first-order valence-electron chi connectivity index (χ1n) is 6.08. The van der Waals surface area contributed by atoms with Crippen LogP contribution in [0.15, 0.2) is 24.4 Å². The molecule has 5 heteroatoms. The largest absolute Gasteiger partial charge is 0.321 e. The number of aromatic nitrogens is 1. The molecule has 1 amide bonds. The van der Waals surface area contributed by atoms with E-state index in [-0.39, 0.29) is 10.7 Å². The van der Waals surface area contributed by atoms with Crippen LogP contribution < -0.4 is 5.32 Å². The molecule has 0 bridgehead atoms. The standard InChI is InChI=1S/C15H14ClFN2O/c1-8-4-9(2)13(10(3)5-8)19-15(20)12-6-11(17)7-18-14(12)16/h4-7H,1-3H3,(H,19,20). The minimum Gasteiger partial charge on any atom is -0.321 e. The molecule has 0 radical (unpaired) electrons. The molecule has 0 atom stereocenters. The van der Waals surface area contributed by atoms with Crippen LogP contribution >= 0.6 is 11.6 Å². The van der Waals surface area contributed by atoms with E-state index in [1.54, 1.807) is 0 Å². The first-order valence-corrected chi connectivity index (χ1v) is 6.46. The van der Waals surface area contributed by atoms with E-state index in [1.165, 1.54) is 0 Å². The number of aryl methyl sites for hydroxylation is 3. The molecule has 0 saturated carbocycles. The minimum absolute atomic E-state index is 0.0195. The van der Waals surface area contributed by atoms with Crippen molar-refractivity contribution < 1.29 is 9.18 Å². The SMILES string of the molecule is Cc1cc(C)c(NC(=O)c2cc(F)cnc2Cl)c(C)c1. The van der Waals surface area contributed by atoms with E-state index < -0.39 is 11.7 Å². The van der Waals surface area contributed by atoms with E-state index in [4.69, 9.17) is 11.6 Å². The Balaban J connectivity index is 2.35. The zero-order chi connectivity index (χ0) is 14.9. The number of halogens is 2. The third-order valence-corrected chi connectivity index (χ3v) is 3.27. The molecule has 0 aliphatic carbocycles. The quantitative estimate of drug-likeness (QED) is 0.848. The van der Waals surface area contributed by atoms with Crippen LogP contribution in [0.25, 0.3) is 0 Å². The zero-order valence-electron chi connectivity index (χ0n) is 11.4. The third kappa shape index (κ3) is 2.96. The summed E-state index contributed by atoms with van der Waals surface area (Å²) in [5.74, 6) is -1.08. The summed E-state index contributed by atoms with van der Waals surface area (Å²) in [4.78, 5) is 15.8. The van der Waals surface area contributed by atoms with Crippen LogP contribution in [-0.2, 0) is 0 Å². The number of amides is 1. The minimum atomic E-state index is -0.600. The van der Waals surface area contributed by atoms with Gasteiger partial charge < -0.3 is 5.32 Å². The van der Waals surface area contributed by atoms with Gasteiger partial charge in [0.2, 0.25) is 0 Å². The number of nitrogens with one attached hydrogen (secondary N) is 1. The highest BCUT2D eigenvalue weighted by atomic mass is 35.5. The van der Waals surface area contributed by atoms with Crippen molar-refractivity contribution in [3.63, 3.8) is 0 Å². The summed E-state index contributed by atoms with van der Waals surface area (Å²) in [6, 6.07) is 5.01. The van der Waals surface area contributed by atoms with E-state index in [9.17, 15) is 9.18 Å². The number of pyridine rings is 1. The molecule has 0 saturated heterocycles. The Bertz CT molecular complexity index is 663. The van der Waals surface area contributed by atoms with Crippen molar-refractivity contribution in [2.45, 2.75) is 20.8 Å². The lowest BCUT2D eigenvalue weighted by Crippen LogP contribution is -2.15. The van der Waals surface area contributed by atoms with Gasteiger partial charge in [-0.05, 0) is 38.0 Å². The van der Waals surface area contributed by atoms with Gasteiger partial charge in [-0.2, -0.15) is 0 Å². The molecule has 0 aliphatic heterocycles. The van der Waals surface area contributed by atoms with Gasteiger partial charge in [0.1, 0.15) is 11.0 Å². The molecule has 0 fully saturated rings. The number of carbonyl (C=O) groups is 1. The summed E-state index contributed by atoms with van der Waals surface area (Å²) in [5.41, 5.74) is 3.73. The summed E-state index contributed by atoms with van der Waals surface area (Å²) >= 11 is 5.82. The van der Waals surface area contributed by atoms with Gasteiger partial charge in [-0.25, -0.2) is 9.37 Å². The topological polar surface area (TPSA) is 42.0 Å². The molecule has 1 N–H and O–H groups in total. The monoisotopic (exact) mass is 292 g/mol. The highest BCUT2D eigenvalue weighted by Crippen LogP contribution is 2.23. The average molecular weight is 293 g/mol. The fourth-order valence-corrected chi connectivity index (χ4v) is 2.33. The van der Waals surface area contributed by atoms with Crippen LogP contribution in [0.4, 0.5) is 10.1 Å². The highest BCUT2D eigenvalue weighted by Gasteiger charge is 2.15. The van der Waals surface area contributed by atoms with Gasteiger partial charge in [-0.15, -0.1) is 0 Å². The molecular weight excluding hydrogens is 279 g/mol. The lowest BCUT2D eigenvalue weighted by atomic mass is 10.0. The number of nitrogens with zero attached hydrogens (tertiary/aromatic N) is 1. The maximum Gasteiger partial charge on any atom is 0.258 e. The maximum absolute atomic E-state index is 13.2. The second-order valence-electron chi connectivity index (χ2n) is 4.72. The van der Waals surface area contributed by atoms with Crippen molar-refractivity contribution in [2.75, 3.05) is 5.32 Å². The molecule has 20 heavy (non-hydrogen) atoms. The van der Waals surface area contributed by atoms with Crippen LogP contribution in [0, 0.1) is 26.6 Å². The fraction of sp³-hybridized carbons (Fsp3) is 0.200. The van der Waals surface area contributed by atoms with Crippen LogP contribution in [0.2, 0.25) is 5.15 Å². The normalized spacial score (nSPS) is 10.4. The van der Waals surface area contributed by atoms with Crippen LogP contribution in [-0.4, -0.2) is 10.9 Å². The smallest absolute Gasteiger partial charge is 0.258 e. The maximum atomic E-state index is 13.2. The molecule has 1 aromatic carbocycles. The van der Waals surface area contributed by atoms with Gasteiger partial charge in [0.15, 0.2) is 0 Å². The predicted molar refractivity (Wildman–Crippen MR) is 77.8 cm³/mol. The number of rotatable bonds is 2. The third-order valence-electron chi connectivity index (χ3n) is 2.97. The Morgan fingerprint density at radius 1 is 1.20 bits per heavy atom. The molecule has 0 aliphatic rings. The Morgan fingerprint density at radius 3 is 2.40 bits per heavy atom. The molecule has 2 aromatic rings. The summed E-state index contributed by atoms with van der Waals surface area (Å²) in [6.45, 7) is 5.79. The van der Waals surface area contributed by atoms with Gasteiger partial charge in [0.25, 0.3) is 5.91 Å². The van der Waals surface area contributed by atoms with Gasteiger partial charge >= 0.3 is 0 Å². The molecule has 1 heterocycles. The second-order valence-corrected chi connectivity index (χ2v) is 5.08. The number of anilines is 1. The molecule has 1 aromatic heterocycles. The lowest BCUT2D eigenvalue weighted by molar-refractivity contribution is 0.102. The number of carbonyl (C=O) groups excluding carboxylic acids is 1. The van der Waals surface area contributed by atoms with Crippen molar-refractivity contribution in [2.24, 2.45) is 0 Å². The fourth-order valence-electron chi connectivity index (χ4n) is 2.14. The summed E-state index contributed by atoms with van der Waals surface area (Å²) in [7, 11) is 0. The van der Waals surface area contributed by atoms with Crippen LogP contribution in [0.3, 0.4) is 0 Å². The van der Waals surface area contributed by atoms with E-state index >= 15 is 0 Å². The molecule has 2 rings (SSSR count). The van der Waals surface area contributed by atoms with E-state index in [1.807, 2.05) is 32.9 Å². The number of benzene rings is 1. The van der Waals surface area contributed by atoms with Crippen LogP contribution in [0.5, 0.6) is 0 Å². The van der Waals surface area contributed by atoms with Crippen molar-refractivity contribution in [1.82, 2.24) is 4.98 Å². The number of hydrogen-bond acceptors (Lipinski definition) is 2. The van der Waals surface area contributed by atoms with Crippen molar-refractivity contribution >= 4 is 23.2 Å². The summed E-state index contributed by atoms with van der Waals surface area (Å²) in [6.07, 6.45) is 0.974. The van der Waals surface area contributed by atoms with E-state index in [2.05, 4.69) is 10.3 Å². The lowest BCUT2D eigenvalue weighted by Gasteiger charge is -2.13. The highest BCUT2D eigenvalue weighted by molar-refractivity contribution is 6.33. The zero-order valence-corrected chi connectivity index (χ0v) is 12.2. The van der Waals surface area contributed by atoms with Gasteiger partial charge in [0, 0.05) is 5.69 Å². The van der Waals surface area contributed by atoms with E-state index in [0.29, 0.717) is 5.69 Å². The first kappa shape index (κ1) is 14.5. The summed E-state index contributed by atoms with van der Waals surface area (Å²) in [5, 5.41) is 2.74. The molecule has 0 spiro atoms. The molecule has 0 unspecified atom stereocenters. The van der Waals surface area contributed by atoms with Gasteiger partial charge in [0.05, 0.1) is 11.8 Å².